The first-order chi connectivity index (χ1) is 14.9. The van der Waals surface area contributed by atoms with Crippen molar-refractivity contribution in [3.05, 3.63) is 69.8 Å². The molecule has 0 aliphatic carbocycles. The number of aliphatic hydroxyl groups is 1. The molecule has 1 aliphatic heterocycles. The first kappa shape index (κ1) is 19.6. The molecule has 0 radical (unpaired) electrons. The Kier molecular flexibility index (Phi) is 4.51. The standard InChI is InChI=1S/C23H23N5O3/c1-23(30)12-31-11-18-14(4-3-5-19(18)23)21-17(10-25-28(21)2)13-6-7-15-16(8-13)20(9-24)26-27-22(15)29/h3-8,10,30H,9,11-12,24H2,1-2H3,(H,27,29)/t23-/m0/s1. The van der Waals surface area contributed by atoms with Crippen LogP contribution in [0.2, 0.25) is 0 Å². The summed E-state index contributed by atoms with van der Waals surface area (Å²) in [6, 6.07) is 11.5. The van der Waals surface area contributed by atoms with E-state index < -0.39 is 5.60 Å². The Bertz CT molecular complexity index is 1370. The number of aromatic nitrogens is 4. The second kappa shape index (κ2) is 7.12. The van der Waals surface area contributed by atoms with Crippen LogP contribution in [-0.4, -0.2) is 31.7 Å². The van der Waals surface area contributed by atoms with Crippen molar-refractivity contribution in [2.24, 2.45) is 12.8 Å². The first-order valence-corrected chi connectivity index (χ1v) is 10.1. The van der Waals surface area contributed by atoms with E-state index in [0.29, 0.717) is 17.7 Å². The zero-order valence-electron chi connectivity index (χ0n) is 17.3. The maximum absolute atomic E-state index is 12.2. The summed E-state index contributed by atoms with van der Waals surface area (Å²) in [5.74, 6) is 0. The van der Waals surface area contributed by atoms with Crippen molar-refractivity contribution in [3.63, 3.8) is 0 Å². The van der Waals surface area contributed by atoms with E-state index in [1.165, 1.54) is 0 Å². The van der Waals surface area contributed by atoms with E-state index >= 15 is 0 Å². The lowest BCUT2D eigenvalue weighted by molar-refractivity contribution is -0.0601. The summed E-state index contributed by atoms with van der Waals surface area (Å²) in [5, 5.41) is 23.2. The number of fused-ring (bicyclic) bond motifs is 2. The number of hydrogen-bond donors (Lipinski definition) is 3. The fourth-order valence-electron chi connectivity index (χ4n) is 4.41. The van der Waals surface area contributed by atoms with Crippen LogP contribution in [0, 0.1) is 0 Å². The van der Waals surface area contributed by atoms with Gasteiger partial charge in [0.1, 0.15) is 5.60 Å². The molecule has 8 heteroatoms. The Morgan fingerprint density at radius 3 is 2.90 bits per heavy atom. The van der Waals surface area contributed by atoms with Crippen LogP contribution in [0.1, 0.15) is 23.7 Å². The number of hydrogen-bond acceptors (Lipinski definition) is 6. The SMILES string of the molecule is Cn1ncc(-c2ccc3c(=O)[nH]nc(CN)c3c2)c1-c1cccc2c1COC[C@]2(C)O. The van der Waals surface area contributed by atoms with Gasteiger partial charge in [0.05, 0.1) is 36.2 Å². The minimum absolute atomic E-state index is 0.218. The van der Waals surface area contributed by atoms with Crippen LogP contribution in [0.3, 0.4) is 0 Å². The molecule has 0 spiro atoms. The molecule has 0 saturated heterocycles. The molecule has 3 heterocycles. The summed E-state index contributed by atoms with van der Waals surface area (Å²) in [4.78, 5) is 12.2. The molecule has 31 heavy (non-hydrogen) atoms. The lowest BCUT2D eigenvalue weighted by Gasteiger charge is -2.32. The molecule has 8 nitrogen and oxygen atoms in total. The molecule has 0 unspecified atom stereocenters. The third-order valence-electron chi connectivity index (χ3n) is 5.95. The average molecular weight is 417 g/mol. The molecule has 5 rings (SSSR count). The lowest BCUT2D eigenvalue weighted by Crippen LogP contribution is -2.33. The number of H-pyrrole nitrogens is 1. The van der Waals surface area contributed by atoms with Crippen LogP contribution in [-0.2, 0) is 30.5 Å². The average Bonchev–Trinajstić information content (AvgIpc) is 3.14. The first-order valence-electron chi connectivity index (χ1n) is 10.1. The molecule has 1 atom stereocenters. The topological polar surface area (TPSA) is 119 Å². The van der Waals surface area contributed by atoms with E-state index in [9.17, 15) is 9.90 Å². The molecule has 4 N–H and O–H groups in total. The molecule has 0 saturated carbocycles. The molecule has 0 amide bonds. The van der Waals surface area contributed by atoms with Gasteiger partial charge in [-0.2, -0.15) is 10.2 Å². The summed E-state index contributed by atoms with van der Waals surface area (Å²) in [6.07, 6.45) is 1.81. The van der Waals surface area contributed by atoms with Gasteiger partial charge in [-0.05, 0) is 35.7 Å². The van der Waals surface area contributed by atoms with Crippen LogP contribution < -0.4 is 11.3 Å². The minimum Gasteiger partial charge on any atom is -0.383 e. The van der Waals surface area contributed by atoms with Crippen molar-refractivity contribution >= 4 is 10.8 Å². The molecule has 4 aromatic rings. The number of nitrogens with two attached hydrogens (primary N) is 1. The predicted molar refractivity (Wildman–Crippen MR) is 117 cm³/mol. The van der Waals surface area contributed by atoms with E-state index in [1.54, 1.807) is 19.2 Å². The molecular weight excluding hydrogens is 394 g/mol. The summed E-state index contributed by atoms with van der Waals surface area (Å²) in [6.45, 7) is 2.66. The van der Waals surface area contributed by atoms with Crippen molar-refractivity contribution in [3.8, 4) is 22.4 Å². The van der Waals surface area contributed by atoms with Gasteiger partial charge in [0.15, 0.2) is 0 Å². The monoisotopic (exact) mass is 417 g/mol. The Morgan fingerprint density at radius 2 is 2.10 bits per heavy atom. The van der Waals surface area contributed by atoms with Crippen molar-refractivity contribution in [1.29, 1.82) is 0 Å². The number of aromatic amines is 1. The van der Waals surface area contributed by atoms with Crippen molar-refractivity contribution in [1.82, 2.24) is 20.0 Å². The van der Waals surface area contributed by atoms with Gasteiger partial charge in [-0.1, -0.05) is 24.3 Å². The number of rotatable bonds is 3. The number of nitrogens with one attached hydrogen (secondary N) is 1. The van der Waals surface area contributed by atoms with Gasteiger partial charge in [0.2, 0.25) is 0 Å². The fourth-order valence-corrected chi connectivity index (χ4v) is 4.41. The number of nitrogens with zero attached hydrogens (tertiary/aromatic N) is 3. The third kappa shape index (κ3) is 3.07. The van der Waals surface area contributed by atoms with Gasteiger partial charge in [0.25, 0.3) is 5.56 Å². The summed E-state index contributed by atoms with van der Waals surface area (Å²) < 4.78 is 7.51. The van der Waals surface area contributed by atoms with Gasteiger partial charge in [-0.15, -0.1) is 0 Å². The molecule has 0 fully saturated rings. The van der Waals surface area contributed by atoms with Crippen molar-refractivity contribution in [2.45, 2.75) is 25.7 Å². The molecule has 1 aliphatic rings. The lowest BCUT2D eigenvalue weighted by atomic mass is 9.86. The smallest absolute Gasteiger partial charge is 0.272 e. The number of benzene rings is 2. The van der Waals surface area contributed by atoms with Gasteiger partial charge in [-0.3, -0.25) is 9.48 Å². The molecular formula is C23H23N5O3. The summed E-state index contributed by atoms with van der Waals surface area (Å²) >= 11 is 0. The second-order valence-electron chi connectivity index (χ2n) is 8.09. The van der Waals surface area contributed by atoms with Gasteiger partial charge in [0, 0.05) is 30.1 Å². The van der Waals surface area contributed by atoms with Gasteiger partial charge < -0.3 is 15.6 Å². The Hall–Kier alpha value is -3.33. The largest absolute Gasteiger partial charge is 0.383 e. The second-order valence-corrected chi connectivity index (χ2v) is 8.09. The highest BCUT2D eigenvalue weighted by Gasteiger charge is 2.32. The highest BCUT2D eigenvalue weighted by atomic mass is 16.5. The van der Waals surface area contributed by atoms with Crippen LogP contribution in [0.5, 0.6) is 0 Å². The van der Waals surface area contributed by atoms with Gasteiger partial charge in [-0.25, -0.2) is 5.10 Å². The van der Waals surface area contributed by atoms with E-state index in [1.807, 2.05) is 42.1 Å². The fraction of sp³-hybridized carbons (Fsp3) is 0.261. The highest BCUT2D eigenvalue weighted by molar-refractivity contribution is 5.91. The Morgan fingerprint density at radius 1 is 1.26 bits per heavy atom. The van der Waals surface area contributed by atoms with Crippen LogP contribution in [0.4, 0.5) is 0 Å². The van der Waals surface area contributed by atoms with Gasteiger partial charge >= 0.3 is 0 Å². The van der Waals surface area contributed by atoms with Crippen molar-refractivity contribution < 1.29 is 9.84 Å². The van der Waals surface area contributed by atoms with Crippen LogP contribution in [0.25, 0.3) is 33.2 Å². The number of ether oxygens (including phenoxy) is 1. The summed E-state index contributed by atoms with van der Waals surface area (Å²) in [5.41, 5.74) is 10.7. The maximum Gasteiger partial charge on any atom is 0.272 e. The van der Waals surface area contributed by atoms with Crippen LogP contribution in [0.15, 0.2) is 47.4 Å². The maximum atomic E-state index is 12.2. The minimum atomic E-state index is -1.05. The Labute approximate surface area is 178 Å². The highest BCUT2D eigenvalue weighted by Crippen LogP contribution is 2.40. The quantitative estimate of drug-likeness (QED) is 0.470. The normalized spacial score (nSPS) is 18.3. The van der Waals surface area contributed by atoms with Crippen molar-refractivity contribution in [2.75, 3.05) is 6.61 Å². The zero-order valence-corrected chi connectivity index (χ0v) is 17.3. The Balaban J connectivity index is 1.74. The van der Waals surface area contributed by atoms with E-state index in [-0.39, 0.29) is 18.7 Å². The van der Waals surface area contributed by atoms with E-state index in [4.69, 9.17) is 10.5 Å². The third-order valence-corrected chi connectivity index (χ3v) is 5.95. The molecule has 158 valence electrons. The molecule has 2 aromatic heterocycles. The van der Waals surface area contributed by atoms with E-state index in [0.717, 1.165) is 38.9 Å². The molecule has 0 bridgehead atoms. The summed E-state index contributed by atoms with van der Waals surface area (Å²) in [7, 11) is 1.89. The predicted octanol–water partition coefficient (Wildman–Crippen LogP) is 2.19. The number of aryl methyl sites for hydroxylation is 1. The van der Waals surface area contributed by atoms with E-state index in [2.05, 4.69) is 15.3 Å². The van der Waals surface area contributed by atoms with Crippen LogP contribution >= 0.6 is 0 Å². The molecule has 2 aromatic carbocycles. The zero-order chi connectivity index (χ0) is 21.8.